The molecule has 0 amide bonds. The minimum Gasteiger partial charge on any atom is -0.494 e. The molecule has 7 nitrogen and oxygen atoms in total. The van der Waals surface area contributed by atoms with E-state index in [1.165, 1.54) is 30.3 Å². The predicted octanol–water partition coefficient (Wildman–Crippen LogP) is 0.569. The first-order valence-corrected chi connectivity index (χ1v) is 5.34. The van der Waals surface area contributed by atoms with Gasteiger partial charge in [-0.25, -0.2) is 14.1 Å². The second-order valence-electron chi connectivity index (χ2n) is 3.72. The molecule has 0 fully saturated rings. The monoisotopic (exact) mass is 265 g/mol. The third kappa shape index (κ3) is 2.79. The van der Waals surface area contributed by atoms with Crippen molar-refractivity contribution in [2.45, 2.75) is 6.54 Å². The number of rotatable bonds is 4. The van der Waals surface area contributed by atoms with E-state index in [0.29, 0.717) is 12.1 Å². The van der Waals surface area contributed by atoms with Crippen LogP contribution in [0.1, 0.15) is 11.4 Å². The molecule has 8 heteroatoms. The van der Waals surface area contributed by atoms with E-state index in [0.717, 1.165) is 0 Å². The smallest absolute Gasteiger partial charge is 0.219 e. The Labute approximate surface area is 108 Å². The Balaban J connectivity index is 2.17. The van der Waals surface area contributed by atoms with E-state index in [1.807, 2.05) is 0 Å². The van der Waals surface area contributed by atoms with Crippen LogP contribution in [0.15, 0.2) is 29.7 Å². The highest BCUT2D eigenvalue weighted by molar-refractivity contribution is 5.93. The summed E-state index contributed by atoms with van der Waals surface area (Å²) in [4.78, 5) is 3.86. The van der Waals surface area contributed by atoms with Crippen molar-refractivity contribution in [3.63, 3.8) is 0 Å². The second-order valence-corrected chi connectivity index (χ2v) is 3.72. The SMILES string of the molecule is COc1ccc(Cn2cnc(C(N)=NO)n2)cc1F. The molecule has 0 saturated carbocycles. The number of hydrogen-bond acceptors (Lipinski definition) is 5. The van der Waals surface area contributed by atoms with Crippen LogP contribution in [0.4, 0.5) is 4.39 Å². The van der Waals surface area contributed by atoms with Gasteiger partial charge in [-0.05, 0) is 17.7 Å². The van der Waals surface area contributed by atoms with Gasteiger partial charge in [0.25, 0.3) is 0 Å². The zero-order chi connectivity index (χ0) is 13.8. The lowest BCUT2D eigenvalue weighted by molar-refractivity contribution is 0.318. The first-order chi connectivity index (χ1) is 9.13. The van der Waals surface area contributed by atoms with E-state index < -0.39 is 5.82 Å². The molecular weight excluding hydrogens is 253 g/mol. The van der Waals surface area contributed by atoms with Gasteiger partial charge in [-0.3, -0.25) is 0 Å². The van der Waals surface area contributed by atoms with Crippen molar-refractivity contribution in [1.82, 2.24) is 14.8 Å². The Kier molecular flexibility index (Phi) is 3.60. The molecule has 19 heavy (non-hydrogen) atoms. The highest BCUT2D eigenvalue weighted by Crippen LogP contribution is 2.18. The molecule has 1 aromatic heterocycles. The summed E-state index contributed by atoms with van der Waals surface area (Å²) < 4.78 is 19.8. The second kappa shape index (κ2) is 5.34. The fourth-order valence-electron chi connectivity index (χ4n) is 1.53. The van der Waals surface area contributed by atoms with E-state index in [4.69, 9.17) is 15.7 Å². The summed E-state index contributed by atoms with van der Waals surface area (Å²) in [5.41, 5.74) is 6.04. The van der Waals surface area contributed by atoms with Gasteiger partial charge in [-0.1, -0.05) is 11.2 Å². The van der Waals surface area contributed by atoms with Gasteiger partial charge in [0.05, 0.1) is 13.7 Å². The molecule has 0 radical (unpaired) electrons. The standard InChI is InChI=1S/C11H12FN5O2/c1-19-9-3-2-7(4-8(9)12)5-17-6-14-11(15-17)10(13)16-18/h2-4,6,18H,5H2,1H3,(H2,13,16). The number of nitrogens with two attached hydrogens (primary N) is 1. The van der Waals surface area contributed by atoms with Gasteiger partial charge in [0.15, 0.2) is 11.6 Å². The van der Waals surface area contributed by atoms with Crippen LogP contribution >= 0.6 is 0 Å². The molecule has 1 heterocycles. The number of amidine groups is 1. The number of aromatic nitrogens is 3. The van der Waals surface area contributed by atoms with Crippen LogP contribution in [0.5, 0.6) is 5.75 Å². The van der Waals surface area contributed by atoms with Crippen molar-refractivity contribution in [2.24, 2.45) is 10.9 Å². The van der Waals surface area contributed by atoms with Crippen LogP contribution in [0, 0.1) is 5.82 Å². The van der Waals surface area contributed by atoms with Gasteiger partial charge in [-0.2, -0.15) is 0 Å². The fourth-order valence-corrected chi connectivity index (χ4v) is 1.53. The van der Waals surface area contributed by atoms with Crippen LogP contribution in [-0.2, 0) is 6.54 Å². The largest absolute Gasteiger partial charge is 0.494 e. The summed E-state index contributed by atoms with van der Waals surface area (Å²) >= 11 is 0. The summed E-state index contributed by atoms with van der Waals surface area (Å²) in [5, 5.41) is 15.3. The first kappa shape index (κ1) is 12.8. The Hall–Kier alpha value is -2.64. The lowest BCUT2D eigenvalue weighted by Crippen LogP contribution is -2.15. The molecular formula is C11H12FN5O2. The van der Waals surface area contributed by atoms with Crippen molar-refractivity contribution >= 4 is 5.84 Å². The van der Waals surface area contributed by atoms with E-state index >= 15 is 0 Å². The third-order valence-corrected chi connectivity index (χ3v) is 2.43. The molecule has 0 bridgehead atoms. The molecule has 0 saturated heterocycles. The first-order valence-electron chi connectivity index (χ1n) is 5.34. The van der Waals surface area contributed by atoms with Gasteiger partial charge in [-0.15, -0.1) is 5.10 Å². The lowest BCUT2D eigenvalue weighted by Gasteiger charge is -2.05. The maximum absolute atomic E-state index is 13.5. The van der Waals surface area contributed by atoms with E-state index in [9.17, 15) is 4.39 Å². The van der Waals surface area contributed by atoms with E-state index in [2.05, 4.69) is 15.2 Å². The van der Waals surface area contributed by atoms with Crippen LogP contribution in [-0.4, -0.2) is 32.9 Å². The van der Waals surface area contributed by atoms with E-state index in [-0.39, 0.29) is 17.4 Å². The third-order valence-electron chi connectivity index (χ3n) is 2.43. The molecule has 0 aliphatic rings. The summed E-state index contributed by atoms with van der Waals surface area (Å²) in [5.74, 6) is -0.340. The lowest BCUT2D eigenvalue weighted by atomic mass is 10.2. The molecule has 0 spiro atoms. The van der Waals surface area contributed by atoms with Crippen molar-refractivity contribution in [3.05, 3.63) is 41.7 Å². The normalized spacial score (nSPS) is 11.6. The number of hydrogen-bond donors (Lipinski definition) is 2. The van der Waals surface area contributed by atoms with Crippen LogP contribution in [0.2, 0.25) is 0 Å². The summed E-state index contributed by atoms with van der Waals surface area (Å²) in [6.45, 7) is 0.312. The average Bonchev–Trinajstić information content (AvgIpc) is 2.86. The van der Waals surface area contributed by atoms with Crippen LogP contribution < -0.4 is 10.5 Å². The zero-order valence-electron chi connectivity index (χ0n) is 10.1. The molecule has 0 aliphatic heterocycles. The van der Waals surface area contributed by atoms with Crippen molar-refractivity contribution in [1.29, 1.82) is 0 Å². The highest BCUT2D eigenvalue weighted by atomic mass is 19.1. The highest BCUT2D eigenvalue weighted by Gasteiger charge is 2.08. The molecule has 3 N–H and O–H groups in total. The number of nitrogens with zero attached hydrogens (tertiary/aromatic N) is 4. The molecule has 0 aliphatic carbocycles. The minimum atomic E-state index is -0.447. The summed E-state index contributed by atoms with van der Waals surface area (Å²) in [6.07, 6.45) is 1.41. The number of halogens is 1. The van der Waals surface area contributed by atoms with Gasteiger partial charge in [0.2, 0.25) is 11.7 Å². The topological polar surface area (TPSA) is 98.6 Å². The number of oxime groups is 1. The molecule has 100 valence electrons. The zero-order valence-corrected chi connectivity index (χ0v) is 10.1. The van der Waals surface area contributed by atoms with Crippen LogP contribution in [0.25, 0.3) is 0 Å². The fraction of sp³-hybridized carbons (Fsp3) is 0.182. The molecule has 2 rings (SSSR count). The molecule has 2 aromatic rings. The Morgan fingerprint density at radius 1 is 1.58 bits per heavy atom. The van der Waals surface area contributed by atoms with Crippen molar-refractivity contribution < 1.29 is 14.3 Å². The number of benzene rings is 1. The Bertz CT molecular complexity index is 611. The minimum absolute atomic E-state index is 0.108. The molecule has 1 aromatic carbocycles. The molecule has 0 unspecified atom stereocenters. The maximum Gasteiger partial charge on any atom is 0.219 e. The number of methoxy groups -OCH3 is 1. The van der Waals surface area contributed by atoms with Gasteiger partial charge in [0, 0.05) is 0 Å². The maximum atomic E-state index is 13.5. The van der Waals surface area contributed by atoms with E-state index in [1.54, 1.807) is 6.07 Å². The Morgan fingerprint density at radius 3 is 3.00 bits per heavy atom. The number of ether oxygens (including phenoxy) is 1. The van der Waals surface area contributed by atoms with Crippen LogP contribution in [0.3, 0.4) is 0 Å². The average molecular weight is 265 g/mol. The predicted molar refractivity (Wildman–Crippen MR) is 64.6 cm³/mol. The van der Waals surface area contributed by atoms with Gasteiger partial charge < -0.3 is 15.7 Å². The van der Waals surface area contributed by atoms with Crippen molar-refractivity contribution in [3.8, 4) is 5.75 Å². The molecule has 0 atom stereocenters. The quantitative estimate of drug-likeness (QED) is 0.364. The van der Waals surface area contributed by atoms with Gasteiger partial charge in [0.1, 0.15) is 6.33 Å². The summed E-state index contributed by atoms with van der Waals surface area (Å²) in [7, 11) is 1.40. The van der Waals surface area contributed by atoms with Crippen molar-refractivity contribution in [2.75, 3.05) is 7.11 Å². The Morgan fingerprint density at radius 2 is 2.37 bits per heavy atom. The van der Waals surface area contributed by atoms with Gasteiger partial charge >= 0.3 is 0 Å². The summed E-state index contributed by atoms with van der Waals surface area (Å²) in [6, 6.07) is 4.60.